The van der Waals surface area contributed by atoms with E-state index in [1.165, 1.54) is 29.7 Å². The van der Waals surface area contributed by atoms with Gasteiger partial charge in [-0.05, 0) is 51.3 Å². The average Bonchev–Trinajstić information content (AvgIpc) is 3.21. The first-order valence-electron chi connectivity index (χ1n) is 9.37. The monoisotopic (exact) mass is 342 g/mol. The number of aromatic nitrogens is 2. The molecule has 0 bridgehead atoms. The van der Waals surface area contributed by atoms with Crippen LogP contribution in [0.3, 0.4) is 0 Å². The summed E-state index contributed by atoms with van der Waals surface area (Å²) < 4.78 is 5.72. The molecule has 5 heteroatoms. The summed E-state index contributed by atoms with van der Waals surface area (Å²) in [6.07, 6.45) is 8.90. The minimum Gasteiger partial charge on any atom is -0.420 e. The van der Waals surface area contributed by atoms with Crippen LogP contribution in [0.15, 0.2) is 33.5 Å². The van der Waals surface area contributed by atoms with Crippen molar-refractivity contribution in [2.45, 2.75) is 60.3 Å². The van der Waals surface area contributed by atoms with Crippen LogP contribution < -0.4 is 5.32 Å². The van der Waals surface area contributed by atoms with Crippen LogP contribution in [-0.2, 0) is 0 Å². The Balaban J connectivity index is 1.87. The zero-order valence-electron chi connectivity index (χ0n) is 16.1. The van der Waals surface area contributed by atoms with Gasteiger partial charge in [-0.2, -0.15) is 0 Å². The summed E-state index contributed by atoms with van der Waals surface area (Å²) in [5.74, 6) is 1.26. The fourth-order valence-electron chi connectivity index (χ4n) is 3.57. The van der Waals surface area contributed by atoms with E-state index in [1.807, 2.05) is 6.92 Å². The lowest BCUT2D eigenvalue weighted by Crippen LogP contribution is -2.40. The van der Waals surface area contributed by atoms with Crippen LogP contribution in [0.1, 0.15) is 65.2 Å². The first kappa shape index (κ1) is 17.8. The van der Waals surface area contributed by atoms with E-state index >= 15 is 0 Å². The molecule has 0 aromatic carbocycles. The van der Waals surface area contributed by atoms with E-state index in [2.05, 4.69) is 60.4 Å². The first-order valence-corrected chi connectivity index (χ1v) is 9.37. The van der Waals surface area contributed by atoms with Crippen molar-refractivity contribution in [1.29, 1.82) is 0 Å². The Kier molecular flexibility index (Phi) is 5.02. The van der Waals surface area contributed by atoms with Gasteiger partial charge in [-0.3, -0.25) is 0 Å². The number of hydrogen-bond acceptors (Lipinski definition) is 5. The van der Waals surface area contributed by atoms with Crippen LogP contribution >= 0.6 is 0 Å². The van der Waals surface area contributed by atoms with Crippen LogP contribution in [0.25, 0.3) is 5.70 Å². The molecule has 1 aliphatic carbocycles. The van der Waals surface area contributed by atoms with Crippen LogP contribution in [-0.4, -0.2) is 28.2 Å². The van der Waals surface area contributed by atoms with Gasteiger partial charge >= 0.3 is 0 Å². The third kappa shape index (κ3) is 3.65. The van der Waals surface area contributed by atoms with E-state index in [0.29, 0.717) is 11.8 Å². The lowest BCUT2D eigenvalue weighted by atomic mass is 9.92. The zero-order valence-corrected chi connectivity index (χ0v) is 16.1. The SMILES string of the molecule is CC/C=C(\c1nnc(C)o1)N1CC(C)=C(NC=C(C)CC)C2(CC2)C1. The normalized spacial score (nSPS) is 20.4. The van der Waals surface area contributed by atoms with Crippen LogP contribution in [0.5, 0.6) is 0 Å². The van der Waals surface area contributed by atoms with Crippen molar-refractivity contribution >= 4 is 5.70 Å². The first-order chi connectivity index (χ1) is 12.0. The summed E-state index contributed by atoms with van der Waals surface area (Å²) in [5.41, 5.74) is 5.55. The second kappa shape index (κ2) is 7.06. The van der Waals surface area contributed by atoms with Gasteiger partial charge in [-0.25, -0.2) is 0 Å². The Labute approximate surface area is 150 Å². The second-order valence-electron chi connectivity index (χ2n) is 7.40. The van der Waals surface area contributed by atoms with Crippen LogP contribution in [0, 0.1) is 12.3 Å². The van der Waals surface area contributed by atoms with Gasteiger partial charge in [0, 0.05) is 31.1 Å². The van der Waals surface area contributed by atoms with Gasteiger partial charge in [0.2, 0.25) is 5.89 Å². The molecule has 2 heterocycles. The lowest BCUT2D eigenvalue weighted by Gasteiger charge is -2.38. The third-order valence-corrected chi connectivity index (χ3v) is 5.24. The van der Waals surface area contributed by atoms with Crippen molar-refractivity contribution in [2.75, 3.05) is 13.1 Å². The minimum absolute atomic E-state index is 0.259. The molecular formula is C20H30N4O. The maximum Gasteiger partial charge on any atom is 0.263 e. The lowest BCUT2D eigenvalue weighted by molar-refractivity contribution is 0.309. The molecule has 0 radical (unpaired) electrons. The summed E-state index contributed by atoms with van der Waals surface area (Å²) in [7, 11) is 0. The number of nitrogens with zero attached hydrogens (tertiary/aromatic N) is 3. The van der Waals surface area contributed by atoms with Gasteiger partial charge < -0.3 is 14.6 Å². The van der Waals surface area contributed by atoms with Gasteiger partial charge in [0.05, 0.1) is 5.70 Å². The molecule has 1 fully saturated rings. The molecule has 0 saturated heterocycles. The predicted molar refractivity (Wildman–Crippen MR) is 100 cm³/mol. The number of nitrogens with one attached hydrogen (secondary N) is 1. The van der Waals surface area contributed by atoms with Crippen LogP contribution in [0.4, 0.5) is 0 Å². The molecule has 25 heavy (non-hydrogen) atoms. The average molecular weight is 342 g/mol. The van der Waals surface area contributed by atoms with Gasteiger partial charge in [0.15, 0.2) is 0 Å². The maximum absolute atomic E-state index is 5.72. The fraction of sp³-hybridized carbons (Fsp3) is 0.600. The molecular weight excluding hydrogens is 312 g/mol. The largest absolute Gasteiger partial charge is 0.420 e. The molecule has 136 valence electrons. The second-order valence-corrected chi connectivity index (χ2v) is 7.40. The highest BCUT2D eigenvalue weighted by molar-refractivity contribution is 5.58. The molecule has 1 N–H and O–H groups in total. The van der Waals surface area contributed by atoms with Crippen molar-refractivity contribution < 1.29 is 4.42 Å². The fourth-order valence-corrected chi connectivity index (χ4v) is 3.57. The van der Waals surface area contributed by atoms with Crippen LogP contribution in [0.2, 0.25) is 0 Å². The van der Waals surface area contributed by atoms with Gasteiger partial charge in [0.1, 0.15) is 0 Å². The Bertz CT molecular complexity index is 722. The molecule has 3 rings (SSSR count). The Morgan fingerprint density at radius 3 is 2.60 bits per heavy atom. The molecule has 0 amide bonds. The zero-order chi connectivity index (χ0) is 18.0. The van der Waals surface area contributed by atoms with E-state index in [9.17, 15) is 0 Å². The van der Waals surface area contributed by atoms with Crippen molar-refractivity contribution in [2.24, 2.45) is 5.41 Å². The van der Waals surface area contributed by atoms with E-state index in [-0.39, 0.29) is 5.41 Å². The molecule has 1 spiro atoms. The highest BCUT2D eigenvalue weighted by Gasteiger charge is 2.50. The standard InChI is InChI=1S/C20H30N4O/c1-6-8-17(19-23-22-16(5)25-19)24-12-15(4)18(20(13-24)9-10-20)21-11-14(3)7-2/h8,11,21H,6-7,9-10,12-13H2,1-5H3/b14-11?,17-8+. The smallest absolute Gasteiger partial charge is 0.263 e. The number of hydrogen-bond donors (Lipinski definition) is 1. The highest BCUT2D eigenvalue weighted by Crippen LogP contribution is 2.55. The molecule has 1 saturated carbocycles. The number of allylic oxidation sites excluding steroid dienone is 2. The Morgan fingerprint density at radius 1 is 1.28 bits per heavy atom. The molecule has 5 nitrogen and oxygen atoms in total. The van der Waals surface area contributed by atoms with E-state index in [1.54, 1.807) is 0 Å². The molecule has 1 aromatic rings. The number of rotatable bonds is 6. The molecule has 2 aliphatic rings. The summed E-state index contributed by atoms with van der Waals surface area (Å²) in [5, 5.41) is 11.9. The number of aryl methyl sites for hydroxylation is 1. The van der Waals surface area contributed by atoms with Crippen molar-refractivity contribution in [3.8, 4) is 0 Å². The van der Waals surface area contributed by atoms with Gasteiger partial charge in [0.25, 0.3) is 5.89 Å². The highest BCUT2D eigenvalue weighted by atomic mass is 16.4. The van der Waals surface area contributed by atoms with Gasteiger partial charge in [-0.1, -0.05) is 25.5 Å². The molecule has 0 unspecified atom stereocenters. The topological polar surface area (TPSA) is 54.2 Å². The van der Waals surface area contributed by atoms with Crippen molar-refractivity contribution in [3.05, 3.63) is 40.9 Å². The van der Waals surface area contributed by atoms with E-state index in [4.69, 9.17) is 4.42 Å². The summed E-state index contributed by atoms with van der Waals surface area (Å²) in [6.45, 7) is 12.5. The van der Waals surface area contributed by atoms with Crippen molar-refractivity contribution in [3.63, 3.8) is 0 Å². The summed E-state index contributed by atoms with van der Waals surface area (Å²) in [4.78, 5) is 2.42. The summed E-state index contributed by atoms with van der Waals surface area (Å²) >= 11 is 0. The molecule has 0 atom stereocenters. The predicted octanol–water partition coefficient (Wildman–Crippen LogP) is 4.40. The molecule has 1 aliphatic heterocycles. The van der Waals surface area contributed by atoms with E-state index < -0.39 is 0 Å². The summed E-state index contributed by atoms with van der Waals surface area (Å²) in [6, 6.07) is 0. The van der Waals surface area contributed by atoms with Gasteiger partial charge in [-0.15, -0.1) is 10.2 Å². The quantitative estimate of drug-likeness (QED) is 0.830. The third-order valence-electron chi connectivity index (χ3n) is 5.24. The Morgan fingerprint density at radius 2 is 2.04 bits per heavy atom. The van der Waals surface area contributed by atoms with Crippen molar-refractivity contribution in [1.82, 2.24) is 20.4 Å². The Hall–Kier alpha value is -2.04. The van der Waals surface area contributed by atoms with E-state index in [0.717, 1.165) is 31.6 Å². The minimum atomic E-state index is 0.259. The maximum atomic E-state index is 5.72. The molecule has 1 aromatic heterocycles.